The van der Waals surface area contributed by atoms with Crippen LogP contribution in [0.2, 0.25) is 0 Å². The highest BCUT2D eigenvalue weighted by molar-refractivity contribution is 5.81. The molecule has 4 nitrogen and oxygen atoms in total. The number of carbonyl (C=O) groups excluding carboxylic acids is 1. The molecule has 0 aromatic heterocycles. The second-order valence-electron chi connectivity index (χ2n) is 5.69. The second kappa shape index (κ2) is 6.86. The lowest BCUT2D eigenvalue weighted by Crippen LogP contribution is -2.50. The van der Waals surface area contributed by atoms with E-state index in [1.54, 1.807) is 4.90 Å². The second-order valence-corrected chi connectivity index (χ2v) is 5.69. The molecule has 2 rings (SSSR count). The summed E-state index contributed by atoms with van der Waals surface area (Å²) in [5.41, 5.74) is 2.28. The number of hydrogen-bond acceptors (Lipinski definition) is 3. The third kappa shape index (κ3) is 3.81. The van der Waals surface area contributed by atoms with Gasteiger partial charge < -0.3 is 15.3 Å². The summed E-state index contributed by atoms with van der Waals surface area (Å²) in [7, 11) is 0. The number of nitrogens with zero attached hydrogens (tertiary/aromatic N) is 1. The van der Waals surface area contributed by atoms with Gasteiger partial charge in [-0.3, -0.25) is 4.79 Å². The predicted molar refractivity (Wildman–Crippen MR) is 79.7 cm³/mol. The topological polar surface area (TPSA) is 52.6 Å². The van der Waals surface area contributed by atoms with E-state index in [1.165, 1.54) is 5.56 Å². The molecule has 110 valence electrons. The maximum Gasteiger partial charge on any atom is 0.251 e. The first-order valence-corrected chi connectivity index (χ1v) is 7.34. The number of rotatable bonds is 4. The lowest BCUT2D eigenvalue weighted by molar-refractivity contribution is -0.140. The normalized spacial score (nSPS) is 17.3. The third-order valence-electron chi connectivity index (χ3n) is 3.79. The molecule has 1 unspecified atom stereocenters. The van der Waals surface area contributed by atoms with Crippen molar-refractivity contribution in [3.63, 3.8) is 0 Å². The SMILES string of the molecule is CC(C)c1ccc(CC(O)C(=O)N2CCNCC2)cc1. The summed E-state index contributed by atoms with van der Waals surface area (Å²) in [5, 5.41) is 13.3. The van der Waals surface area contributed by atoms with Crippen LogP contribution in [0.25, 0.3) is 0 Å². The van der Waals surface area contributed by atoms with Crippen LogP contribution in [0.1, 0.15) is 30.9 Å². The number of hydrogen-bond donors (Lipinski definition) is 2. The number of piperazine rings is 1. The number of amides is 1. The fourth-order valence-corrected chi connectivity index (χ4v) is 2.45. The van der Waals surface area contributed by atoms with Crippen LogP contribution >= 0.6 is 0 Å². The van der Waals surface area contributed by atoms with E-state index in [4.69, 9.17) is 0 Å². The molecule has 1 aromatic carbocycles. The molecule has 20 heavy (non-hydrogen) atoms. The highest BCUT2D eigenvalue weighted by Gasteiger charge is 2.23. The molecular weight excluding hydrogens is 252 g/mol. The van der Waals surface area contributed by atoms with Crippen LogP contribution in [0.5, 0.6) is 0 Å². The molecule has 4 heteroatoms. The molecule has 0 saturated carbocycles. The van der Waals surface area contributed by atoms with Crippen molar-refractivity contribution in [2.24, 2.45) is 0 Å². The fourth-order valence-electron chi connectivity index (χ4n) is 2.45. The number of benzene rings is 1. The molecule has 1 aromatic rings. The Balaban J connectivity index is 1.92. The minimum Gasteiger partial charge on any atom is -0.383 e. The molecule has 0 spiro atoms. The van der Waals surface area contributed by atoms with Gasteiger partial charge in [0.25, 0.3) is 5.91 Å². The van der Waals surface area contributed by atoms with Gasteiger partial charge in [0.2, 0.25) is 0 Å². The summed E-state index contributed by atoms with van der Waals surface area (Å²) in [6.07, 6.45) is -0.542. The van der Waals surface area contributed by atoms with E-state index >= 15 is 0 Å². The van der Waals surface area contributed by atoms with Gasteiger partial charge in [-0.1, -0.05) is 38.1 Å². The average molecular weight is 276 g/mol. The zero-order valence-corrected chi connectivity index (χ0v) is 12.3. The van der Waals surface area contributed by atoms with Crippen LogP contribution in [-0.2, 0) is 11.2 Å². The van der Waals surface area contributed by atoms with Gasteiger partial charge in [-0.05, 0) is 17.0 Å². The Morgan fingerprint density at radius 3 is 2.40 bits per heavy atom. The zero-order valence-electron chi connectivity index (χ0n) is 12.3. The van der Waals surface area contributed by atoms with Gasteiger partial charge in [-0.15, -0.1) is 0 Å². The molecule has 2 N–H and O–H groups in total. The van der Waals surface area contributed by atoms with E-state index < -0.39 is 6.10 Å². The van der Waals surface area contributed by atoms with E-state index in [2.05, 4.69) is 31.3 Å². The summed E-state index contributed by atoms with van der Waals surface area (Å²) in [4.78, 5) is 13.9. The maximum atomic E-state index is 12.1. The molecule has 1 saturated heterocycles. The minimum absolute atomic E-state index is 0.153. The Morgan fingerprint density at radius 2 is 1.85 bits per heavy atom. The first-order valence-electron chi connectivity index (χ1n) is 7.34. The van der Waals surface area contributed by atoms with Gasteiger partial charge in [0.05, 0.1) is 0 Å². The first kappa shape index (κ1) is 15.0. The molecule has 1 heterocycles. The van der Waals surface area contributed by atoms with E-state index in [1.807, 2.05) is 12.1 Å². The molecule has 1 aliphatic heterocycles. The van der Waals surface area contributed by atoms with Gasteiger partial charge in [0, 0.05) is 32.6 Å². The molecule has 0 radical (unpaired) electrons. The molecule has 1 amide bonds. The number of aliphatic hydroxyl groups excluding tert-OH is 1. The molecule has 0 aliphatic carbocycles. The van der Waals surface area contributed by atoms with Crippen molar-refractivity contribution in [2.75, 3.05) is 26.2 Å². The van der Waals surface area contributed by atoms with Crippen molar-refractivity contribution in [1.82, 2.24) is 10.2 Å². The Kier molecular flexibility index (Phi) is 5.15. The van der Waals surface area contributed by atoms with Crippen molar-refractivity contribution >= 4 is 5.91 Å². The molecule has 0 bridgehead atoms. The van der Waals surface area contributed by atoms with Gasteiger partial charge in [0.1, 0.15) is 6.10 Å². The lowest BCUT2D eigenvalue weighted by atomic mass is 9.99. The van der Waals surface area contributed by atoms with Crippen LogP contribution in [0, 0.1) is 0 Å². The van der Waals surface area contributed by atoms with Crippen LogP contribution in [0.15, 0.2) is 24.3 Å². The van der Waals surface area contributed by atoms with Crippen LogP contribution < -0.4 is 5.32 Å². The first-order chi connectivity index (χ1) is 9.58. The molecule has 1 aliphatic rings. The smallest absolute Gasteiger partial charge is 0.251 e. The maximum absolute atomic E-state index is 12.1. The van der Waals surface area contributed by atoms with E-state index in [-0.39, 0.29) is 5.91 Å². The van der Waals surface area contributed by atoms with Crippen molar-refractivity contribution in [1.29, 1.82) is 0 Å². The minimum atomic E-state index is -0.932. The average Bonchev–Trinajstić information content (AvgIpc) is 2.48. The monoisotopic (exact) mass is 276 g/mol. The highest BCUT2D eigenvalue weighted by Crippen LogP contribution is 2.16. The molecule has 1 atom stereocenters. The van der Waals surface area contributed by atoms with Crippen molar-refractivity contribution in [3.05, 3.63) is 35.4 Å². The molecule has 1 fully saturated rings. The summed E-state index contributed by atoms with van der Waals surface area (Å²) >= 11 is 0. The largest absolute Gasteiger partial charge is 0.383 e. The van der Waals surface area contributed by atoms with Crippen molar-refractivity contribution < 1.29 is 9.90 Å². The zero-order chi connectivity index (χ0) is 14.5. The predicted octanol–water partition coefficient (Wildman–Crippen LogP) is 1.15. The van der Waals surface area contributed by atoms with Gasteiger partial charge >= 0.3 is 0 Å². The Morgan fingerprint density at radius 1 is 1.25 bits per heavy atom. The van der Waals surface area contributed by atoms with Crippen molar-refractivity contribution in [3.8, 4) is 0 Å². The summed E-state index contributed by atoms with van der Waals surface area (Å²) in [6.45, 7) is 7.28. The van der Waals surface area contributed by atoms with Crippen LogP contribution in [0.3, 0.4) is 0 Å². The van der Waals surface area contributed by atoms with E-state index in [0.29, 0.717) is 25.4 Å². The quantitative estimate of drug-likeness (QED) is 0.867. The number of nitrogens with one attached hydrogen (secondary N) is 1. The Bertz CT molecular complexity index is 436. The van der Waals surface area contributed by atoms with Crippen LogP contribution in [-0.4, -0.2) is 48.2 Å². The lowest BCUT2D eigenvalue weighted by Gasteiger charge is -2.29. The standard InChI is InChI=1S/C16H24N2O2/c1-12(2)14-5-3-13(4-6-14)11-15(19)16(20)18-9-7-17-8-10-18/h3-6,12,15,17,19H,7-11H2,1-2H3. The van der Waals surface area contributed by atoms with Crippen LogP contribution in [0.4, 0.5) is 0 Å². The number of aliphatic hydroxyl groups is 1. The third-order valence-corrected chi connectivity index (χ3v) is 3.79. The summed E-state index contributed by atoms with van der Waals surface area (Å²) in [6, 6.07) is 8.15. The van der Waals surface area contributed by atoms with Crippen molar-refractivity contribution in [2.45, 2.75) is 32.3 Å². The van der Waals surface area contributed by atoms with Gasteiger partial charge in [0.15, 0.2) is 0 Å². The summed E-state index contributed by atoms with van der Waals surface area (Å²) in [5.74, 6) is 0.343. The van der Waals surface area contributed by atoms with E-state index in [9.17, 15) is 9.90 Å². The highest BCUT2D eigenvalue weighted by atomic mass is 16.3. The van der Waals surface area contributed by atoms with Gasteiger partial charge in [-0.2, -0.15) is 0 Å². The Labute approximate surface area is 120 Å². The van der Waals surface area contributed by atoms with E-state index in [0.717, 1.165) is 18.7 Å². The van der Waals surface area contributed by atoms with Gasteiger partial charge in [-0.25, -0.2) is 0 Å². The molecular formula is C16H24N2O2. The fraction of sp³-hybridized carbons (Fsp3) is 0.562. The Hall–Kier alpha value is -1.39. The summed E-state index contributed by atoms with van der Waals surface area (Å²) < 4.78 is 0. The number of carbonyl (C=O) groups is 1.